The molecule has 7 heteroatoms. The van der Waals surface area contributed by atoms with E-state index in [1.165, 1.54) is 11.3 Å². The fourth-order valence-corrected chi connectivity index (χ4v) is 2.96. The predicted molar refractivity (Wildman–Crippen MR) is 86.3 cm³/mol. The second-order valence-electron chi connectivity index (χ2n) is 4.86. The summed E-state index contributed by atoms with van der Waals surface area (Å²) in [6.07, 6.45) is 0. The van der Waals surface area contributed by atoms with Crippen molar-refractivity contribution in [3.63, 3.8) is 0 Å². The minimum atomic E-state index is -0.291. The van der Waals surface area contributed by atoms with E-state index in [-0.39, 0.29) is 11.6 Å². The number of benzene rings is 1. The number of anilines is 2. The van der Waals surface area contributed by atoms with Crippen LogP contribution < -0.4 is 15.5 Å². The van der Waals surface area contributed by atoms with E-state index in [0.717, 1.165) is 37.6 Å². The number of nitriles is 1. The summed E-state index contributed by atoms with van der Waals surface area (Å²) in [5.41, 5.74) is 2.05. The van der Waals surface area contributed by atoms with Gasteiger partial charge in [-0.25, -0.2) is 4.98 Å². The van der Waals surface area contributed by atoms with E-state index in [9.17, 15) is 4.79 Å². The highest BCUT2D eigenvalue weighted by Crippen LogP contribution is 2.26. The number of hydrogen-bond acceptors (Lipinski definition) is 6. The summed E-state index contributed by atoms with van der Waals surface area (Å²) in [7, 11) is 0. The van der Waals surface area contributed by atoms with Crippen LogP contribution in [0, 0.1) is 11.3 Å². The molecular weight excluding hydrogens is 298 g/mol. The van der Waals surface area contributed by atoms with Crippen LogP contribution in [-0.2, 0) is 0 Å². The van der Waals surface area contributed by atoms with Crippen molar-refractivity contribution in [1.82, 2.24) is 10.3 Å². The number of hydrogen-bond donors (Lipinski definition) is 2. The number of nitrogens with one attached hydrogen (secondary N) is 2. The Morgan fingerprint density at radius 3 is 2.86 bits per heavy atom. The molecule has 1 aliphatic heterocycles. The molecule has 22 heavy (non-hydrogen) atoms. The van der Waals surface area contributed by atoms with Gasteiger partial charge < -0.3 is 15.5 Å². The Hall–Kier alpha value is -2.43. The van der Waals surface area contributed by atoms with Crippen LogP contribution in [0.25, 0.3) is 0 Å². The zero-order valence-electron chi connectivity index (χ0n) is 11.9. The van der Waals surface area contributed by atoms with Crippen molar-refractivity contribution in [3.8, 4) is 6.07 Å². The van der Waals surface area contributed by atoms with Crippen molar-refractivity contribution in [2.75, 3.05) is 36.4 Å². The molecule has 6 nitrogen and oxygen atoms in total. The molecule has 1 saturated heterocycles. The third-order valence-electron chi connectivity index (χ3n) is 3.44. The maximum absolute atomic E-state index is 12.3. The van der Waals surface area contributed by atoms with Gasteiger partial charge in [0.05, 0.1) is 11.4 Å². The first-order valence-corrected chi connectivity index (χ1v) is 7.87. The van der Waals surface area contributed by atoms with Crippen molar-refractivity contribution < 1.29 is 4.79 Å². The number of para-hydroxylation sites is 2. The molecule has 1 aromatic heterocycles. The molecular formula is C15H15N5OS. The average Bonchev–Trinajstić information content (AvgIpc) is 3.05. The van der Waals surface area contributed by atoms with E-state index in [0.29, 0.717) is 5.01 Å². The number of carbonyl (C=O) groups excluding carboxylic acids is 1. The zero-order chi connectivity index (χ0) is 15.4. The topological polar surface area (TPSA) is 81.0 Å². The molecule has 0 spiro atoms. The fourth-order valence-electron chi connectivity index (χ4n) is 2.38. The van der Waals surface area contributed by atoms with Gasteiger partial charge in [0, 0.05) is 31.6 Å². The number of amides is 1. The molecule has 0 atom stereocenters. The average molecular weight is 313 g/mol. The van der Waals surface area contributed by atoms with Crippen LogP contribution in [0.5, 0.6) is 0 Å². The first-order valence-electron chi connectivity index (χ1n) is 6.99. The normalized spacial score (nSPS) is 14.4. The van der Waals surface area contributed by atoms with E-state index >= 15 is 0 Å². The molecule has 1 amide bonds. The van der Waals surface area contributed by atoms with Crippen molar-refractivity contribution in [1.29, 1.82) is 5.26 Å². The molecule has 1 fully saturated rings. The van der Waals surface area contributed by atoms with Crippen LogP contribution in [0.1, 0.15) is 15.5 Å². The van der Waals surface area contributed by atoms with Crippen molar-refractivity contribution >= 4 is 28.6 Å². The molecule has 0 aliphatic carbocycles. The van der Waals surface area contributed by atoms with Gasteiger partial charge in [-0.15, -0.1) is 11.3 Å². The smallest absolute Gasteiger partial charge is 0.275 e. The standard InChI is InChI=1S/C15H15N5OS/c16-9-14-18-12(10-22-14)15(21)19-11-3-1-2-4-13(11)20-7-5-17-6-8-20/h1-4,10,17H,5-8H2,(H,19,21). The highest BCUT2D eigenvalue weighted by molar-refractivity contribution is 7.10. The van der Waals surface area contributed by atoms with Crippen LogP contribution >= 0.6 is 11.3 Å². The zero-order valence-corrected chi connectivity index (χ0v) is 12.7. The number of thiazole rings is 1. The first kappa shape index (κ1) is 14.5. The Morgan fingerprint density at radius 2 is 2.14 bits per heavy atom. The van der Waals surface area contributed by atoms with Crippen LogP contribution in [0.3, 0.4) is 0 Å². The molecule has 2 aromatic rings. The molecule has 3 rings (SSSR count). The van der Waals surface area contributed by atoms with Gasteiger partial charge in [0.2, 0.25) is 0 Å². The number of nitrogens with zero attached hydrogens (tertiary/aromatic N) is 3. The Balaban J connectivity index is 1.80. The maximum atomic E-state index is 12.3. The molecule has 0 radical (unpaired) electrons. The number of piperazine rings is 1. The molecule has 0 bridgehead atoms. The SMILES string of the molecule is N#Cc1nc(C(=O)Nc2ccccc2N2CCNCC2)cs1. The Labute approximate surface area is 132 Å². The lowest BCUT2D eigenvalue weighted by atomic mass is 10.2. The lowest BCUT2D eigenvalue weighted by Gasteiger charge is -2.31. The van der Waals surface area contributed by atoms with Gasteiger partial charge in [0.25, 0.3) is 5.91 Å². The van der Waals surface area contributed by atoms with Crippen LogP contribution in [0.4, 0.5) is 11.4 Å². The molecule has 0 saturated carbocycles. The van der Waals surface area contributed by atoms with E-state index < -0.39 is 0 Å². The van der Waals surface area contributed by atoms with Gasteiger partial charge in [0.15, 0.2) is 5.01 Å². The third-order valence-corrected chi connectivity index (χ3v) is 4.19. The molecule has 0 unspecified atom stereocenters. The maximum Gasteiger partial charge on any atom is 0.275 e. The van der Waals surface area contributed by atoms with E-state index in [4.69, 9.17) is 5.26 Å². The van der Waals surface area contributed by atoms with Gasteiger partial charge in [-0.1, -0.05) is 12.1 Å². The first-order chi connectivity index (χ1) is 10.8. The van der Waals surface area contributed by atoms with Crippen molar-refractivity contribution in [3.05, 3.63) is 40.3 Å². The van der Waals surface area contributed by atoms with Crippen LogP contribution in [-0.4, -0.2) is 37.1 Å². The summed E-state index contributed by atoms with van der Waals surface area (Å²) in [5, 5.41) is 16.9. The number of carbonyl (C=O) groups is 1. The lowest BCUT2D eigenvalue weighted by molar-refractivity contribution is 0.102. The van der Waals surface area contributed by atoms with E-state index in [1.807, 2.05) is 30.3 Å². The Morgan fingerprint density at radius 1 is 1.36 bits per heavy atom. The summed E-state index contributed by atoms with van der Waals surface area (Å²) < 4.78 is 0. The summed E-state index contributed by atoms with van der Waals surface area (Å²) in [6, 6.07) is 9.68. The van der Waals surface area contributed by atoms with Crippen LogP contribution in [0.15, 0.2) is 29.6 Å². The van der Waals surface area contributed by atoms with Gasteiger partial charge in [-0.2, -0.15) is 5.26 Å². The quantitative estimate of drug-likeness (QED) is 0.901. The highest BCUT2D eigenvalue weighted by atomic mass is 32.1. The highest BCUT2D eigenvalue weighted by Gasteiger charge is 2.17. The second-order valence-corrected chi connectivity index (χ2v) is 5.72. The van der Waals surface area contributed by atoms with Gasteiger partial charge >= 0.3 is 0 Å². The summed E-state index contributed by atoms with van der Waals surface area (Å²) in [4.78, 5) is 18.5. The minimum Gasteiger partial charge on any atom is -0.367 e. The van der Waals surface area contributed by atoms with Gasteiger partial charge in [-0.3, -0.25) is 4.79 Å². The predicted octanol–water partition coefficient (Wildman–Crippen LogP) is 1.68. The summed E-state index contributed by atoms with van der Waals surface area (Å²) in [5.74, 6) is -0.291. The second kappa shape index (κ2) is 6.56. The number of rotatable bonds is 3. The third kappa shape index (κ3) is 3.08. The van der Waals surface area contributed by atoms with Gasteiger partial charge in [-0.05, 0) is 12.1 Å². The molecule has 2 heterocycles. The summed E-state index contributed by atoms with van der Waals surface area (Å²) in [6.45, 7) is 3.67. The van der Waals surface area contributed by atoms with E-state index in [2.05, 4.69) is 20.5 Å². The molecule has 112 valence electrons. The van der Waals surface area contributed by atoms with Crippen LogP contribution in [0.2, 0.25) is 0 Å². The molecule has 1 aliphatic rings. The van der Waals surface area contributed by atoms with Crippen molar-refractivity contribution in [2.24, 2.45) is 0 Å². The Bertz CT molecular complexity index is 715. The Kier molecular flexibility index (Phi) is 4.32. The minimum absolute atomic E-state index is 0.275. The number of aromatic nitrogens is 1. The molecule has 2 N–H and O–H groups in total. The monoisotopic (exact) mass is 313 g/mol. The lowest BCUT2D eigenvalue weighted by Crippen LogP contribution is -2.43. The van der Waals surface area contributed by atoms with Gasteiger partial charge in [0.1, 0.15) is 11.8 Å². The fraction of sp³-hybridized carbons (Fsp3) is 0.267. The largest absolute Gasteiger partial charge is 0.367 e. The summed E-state index contributed by atoms with van der Waals surface area (Å²) >= 11 is 1.17. The van der Waals surface area contributed by atoms with Crippen molar-refractivity contribution in [2.45, 2.75) is 0 Å². The van der Waals surface area contributed by atoms with E-state index in [1.54, 1.807) is 5.38 Å². The molecule has 1 aromatic carbocycles.